The van der Waals surface area contributed by atoms with Gasteiger partial charge in [0.1, 0.15) is 6.61 Å². The Balaban J connectivity index is 4.16. The lowest BCUT2D eigenvalue weighted by atomic mass is 10.2. The molecule has 0 aliphatic carbocycles. The summed E-state index contributed by atoms with van der Waals surface area (Å²) in [5, 5.41) is 0. The third-order valence-corrected chi connectivity index (χ3v) is 1.86. The molecule has 0 unspecified atom stereocenters. The molecule has 3 heteroatoms. The van der Waals surface area contributed by atoms with Crippen LogP contribution >= 0.6 is 0 Å². The molecule has 0 radical (unpaired) electrons. The summed E-state index contributed by atoms with van der Waals surface area (Å²) in [5.41, 5.74) is 0. The Morgan fingerprint density at radius 1 is 1.29 bits per heavy atom. The van der Waals surface area contributed by atoms with E-state index in [9.17, 15) is 4.79 Å². The topological polar surface area (TPSA) is 29.5 Å². The molecule has 0 N–H and O–H groups in total. The molecule has 0 rings (SSSR count). The van der Waals surface area contributed by atoms with Crippen LogP contribution in [0.2, 0.25) is 0 Å². The van der Waals surface area contributed by atoms with Crippen molar-refractivity contribution >= 4 is 6.09 Å². The molecule has 0 atom stereocenters. The van der Waals surface area contributed by atoms with Crippen molar-refractivity contribution in [2.75, 3.05) is 6.61 Å². The van der Waals surface area contributed by atoms with E-state index in [0.29, 0.717) is 6.61 Å². The standard InChI is InChI=1S/C11H21NO2/c1-6-7-8-14-11(13)12(9(2)3)10(4)5/h6-7,9-10H,8H2,1-5H3. The van der Waals surface area contributed by atoms with Crippen LogP contribution in [0.3, 0.4) is 0 Å². The summed E-state index contributed by atoms with van der Waals surface area (Å²) < 4.78 is 5.07. The molecule has 0 aliphatic heterocycles. The van der Waals surface area contributed by atoms with Gasteiger partial charge < -0.3 is 9.64 Å². The van der Waals surface area contributed by atoms with Gasteiger partial charge in [0.2, 0.25) is 0 Å². The number of carbonyl (C=O) groups is 1. The number of ether oxygens (including phenoxy) is 1. The maximum Gasteiger partial charge on any atom is 0.410 e. The molecule has 0 aromatic carbocycles. The minimum Gasteiger partial charge on any atom is -0.445 e. The molecule has 14 heavy (non-hydrogen) atoms. The Hall–Kier alpha value is -0.990. The number of hydrogen-bond donors (Lipinski definition) is 0. The van der Waals surface area contributed by atoms with Gasteiger partial charge in [0, 0.05) is 12.1 Å². The second kappa shape index (κ2) is 6.46. The molecule has 0 aromatic rings. The Labute approximate surface area is 86.7 Å². The van der Waals surface area contributed by atoms with E-state index in [4.69, 9.17) is 4.74 Å². The highest BCUT2D eigenvalue weighted by atomic mass is 16.6. The quantitative estimate of drug-likeness (QED) is 0.651. The Kier molecular flexibility index (Phi) is 6.00. The Morgan fingerprint density at radius 2 is 1.79 bits per heavy atom. The predicted molar refractivity (Wildman–Crippen MR) is 58.3 cm³/mol. The first-order valence-electron chi connectivity index (χ1n) is 5.07. The van der Waals surface area contributed by atoms with Crippen LogP contribution in [0.15, 0.2) is 12.2 Å². The molecule has 0 aliphatic rings. The summed E-state index contributed by atoms with van der Waals surface area (Å²) in [6.45, 7) is 10.2. The van der Waals surface area contributed by atoms with Crippen LogP contribution in [0.1, 0.15) is 34.6 Å². The van der Waals surface area contributed by atoms with Crippen LogP contribution in [0.5, 0.6) is 0 Å². The fourth-order valence-corrected chi connectivity index (χ4v) is 1.31. The van der Waals surface area contributed by atoms with E-state index in [1.165, 1.54) is 0 Å². The predicted octanol–water partition coefficient (Wildman–Crippen LogP) is 2.82. The van der Waals surface area contributed by atoms with E-state index in [1.54, 1.807) is 4.90 Å². The lowest BCUT2D eigenvalue weighted by Crippen LogP contribution is -2.42. The van der Waals surface area contributed by atoms with Crippen LogP contribution in [0, 0.1) is 0 Å². The summed E-state index contributed by atoms with van der Waals surface area (Å²) in [7, 11) is 0. The van der Waals surface area contributed by atoms with Gasteiger partial charge in [0.15, 0.2) is 0 Å². The number of carbonyl (C=O) groups excluding carboxylic acids is 1. The fourth-order valence-electron chi connectivity index (χ4n) is 1.31. The number of allylic oxidation sites excluding steroid dienone is 1. The SMILES string of the molecule is CC=CCOC(=O)N(C(C)C)C(C)C. The zero-order valence-corrected chi connectivity index (χ0v) is 9.78. The fraction of sp³-hybridized carbons (Fsp3) is 0.727. The van der Waals surface area contributed by atoms with Gasteiger partial charge in [-0.1, -0.05) is 12.2 Å². The summed E-state index contributed by atoms with van der Waals surface area (Å²) in [6, 6.07) is 0.348. The molecule has 0 spiro atoms. The van der Waals surface area contributed by atoms with Crippen molar-refractivity contribution in [2.24, 2.45) is 0 Å². The third-order valence-electron chi connectivity index (χ3n) is 1.86. The molecular weight excluding hydrogens is 178 g/mol. The van der Waals surface area contributed by atoms with Crippen molar-refractivity contribution < 1.29 is 9.53 Å². The highest BCUT2D eigenvalue weighted by Gasteiger charge is 2.20. The van der Waals surface area contributed by atoms with Crippen molar-refractivity contribution in [2.45, 2.75) is 46.7 Å². The van der Waals surface area contributed by atoms with Crippen LogP contribution in [-0.2, 0) is 4.74 Å². The highest BCUT2D eigenvalue weighted by Crippen LogP contribution is 2.07. The van der Waals surface area contributed by atoms with Gasteiger partial charge in [-0.05, 0) is 34.6 Å². The molecule has 0 fully saturated rings. The minimum absolute atomic E-state index is 0.174. The van der Waals surface area contributed by atoms with Crippen LogP contribution < -0.4 is 0 Å². The van der Waals surface area contributed by atoms with Crippen molar-refractivity contribution in [1.29, 1.82) is 0 Å². The monoisotopic (exact) mass is 199 g/mol. The van der Waals surface area contributed by atoms with Gasteiger partial charge >= 0.3 is 6.09 Å². The summed E-state index contributed by atoms with van der Waals surface area (Å²) in [5.74, 6) is 0. The molecule has 1 amide bonds. The second-order valence-electron chi connectivity index (χ2n) is 3.74. The molecule has 82 valence electrons. The van der Waals surface area contributed by atoms with Crippen LogP contribution in [-0.4, -0.2) is 29.7 Å². The molecule has 0 bridgehead atoms. The first-order valence-corrected chi connectivity index (χ1v) is 5.07. The zero-order chi connectivity index (χ0) is 11.1. The Bertz CT molecular complexity index is 189. The van der Waals surface area contributed by atoms with E-state index >= 15 is 0 Å². The molecule has 0 aromatic heterocycles. The summed E-state index contributed by atoms with van der Waals surface area (Å²) >= 11 is 0. The maximum absolute atomic E-state index is 11.6. The first-order chi connectivity index (χ1) is 6.50. The van der Waals surface area contributed by atoms with Crippen molar-refractivity contribution in [1.82, 2.24) is 4.90 Å². The van der Waals surface area contributed by atoms with E-state index in [2.05, 4.69) is 0 Å². The molecule has 0 heterocycles. The maximum atomic E-state index is 11.6. The van der Waals surface area contributed by atoms with Gasteiger partial charge in [-0.15, -0.1) is 0 Å². The summed E-state index contributed by atoms with van der Waals surface area (Å²) in [6.07, 6.45) is 3.44. The average Bonchev–Trinajstić information content (AvgIpc) is 2.03. The number of amides is 1. The van der Waals surface area contributed by atoms with Gasteiger partial charge in [-0.2, -0.15) is 0 Å². The van der Waals surface area contributed by atoms with Crippen molar-refractivity contribution in [3.63, 3.8) is 0 Å². The molecule has 0 saturated heterocycles. The van der Waals surface area contributed by atoms with Gasteiger partial charge in [0.25, 0.3) is 0 Å². The van der Waals surface area contributed by atoms with Crippen molar-refractivity contribution in [3.05, 3.63) is 12.2 Å². The van der Waals surface area contributed by atoms with Gasteiger partial charge in [-0.3, -0.25) is 0 Å². The molecule has 0 saturated carbocycles. The zero-order valence-electron chi connectivity index (χ0n) is 9.78. The van der Waals surface area contributed by atoms with Crippen molar-refractivity contribution in [3.8, 4) is 0 Å². The Morgan fingerprint density at radius 3 is 2.14 bits per heavy atom. The van der Waals surface area contributed by atoms with Gasteiger partial charge in [0.05, 0.1) is 0 Å². The van der Waals surface area contributed by atoms with E-state index < -0.39 is 0 Å². The highest BCUT2D eigenvalue weighted by molar-refractivity contribution is 5.68. The van der Waals surface area contributed by atoms with Crippen LogP contribution in [0.25, 0.3) is 0 Å². The normalized spacial score (nSPS) is 11.4. The lowest BCUT2D eigenvalue weighted by molar-refractivity contribution is 0.0875. The second-order valence-corrected chi connectivity index (χ2v) is 3.74. The largest absolute Gasteiger partial charge is 0.445 e. The third kappa shape index (κ3) is 4.30. The molecular formula is C11H21NO2. The number of nitrogens with zero attached hydrogens (tertiary/aromatic N) is 1. The van der Waals surface area contributed by atoms with Crippen LogP contribution in [0.4, 0.5) is 4.79 Å². The smallest absolute Gasteiger partial charge is 0.410 e. The van der Waals surface area contributed by atoms with Gasteiger partial charge in [-0.25, -0.2) is 4.79 Å². The average molecular weight is 199 g/mol. The van der Waals surface area contributed by atoms with E-state index in [0.717, 1.165) is 0 Å². The van der Waals surface area contributed by atoms with E-state index in [1.807, 2.05) is 46.8 Å². The number of hydrogen-bond acceptors (Lipinski definition) is 2. The van der Waals surface area contributed by atoms with E-state index in [-0.39, 0.29) is 18.2 Å². The summed E-state index contributed by atoms with van der Waals surface area (Å²) in [4.78, 5) is 13.3. The first kappa shape index (κ1) is 13.0. The molecule has 3 nitrogen and oxygen atoms in total. The lowest BCUT2D eigenvalue weighted by Gasteiger charge is -2.29. The number of rotatable bonds is 4. The minimum atomic E-state index is -0.242.